The Balaban J connectivity index is 0.000000128. The van der Waals surface area contributed by atoms with Crippen LogP contribution in [0.2, 0.25) is 0 Å². The Labute approximate surface area is 809 Å². The Morgan fingerprint density at radius 2 is 0.570 bits per heavy atom. The molecule has 6 amide bonds. The molecule has 142 heavy (non-hydrogen) atoms. The normalized spacial score (nSPS) is 13.3. The number of primary sulfonamides is 4. The molecular weight excluding hydrogens is 1910 g/mol. The monoisotopic (exact) mass is 1990 g/mol. The summed E-state index contributed by atoms with van der Waals surface area (Å²) in [6.45, 7) is 0.0646. The lowest BCUT2D eigenvalue weighted by atomic mass is 10.1. The summed E-state index contributed by atoms with van der Waals surface area (Å²) in [7, 11) is -10.0. The fourth-order valence-corrected chi connectivity index (χ4v) is 16.2. The number of primary amides is 1. The molecule has 20 rings (SSSR count). The van der Waals surface area contributed by atoms with Crippen LogP contribution in [0.25, 0.3) is 56.3 Å². The van der Waals surface area contributed by atoms with Crippen molar-refractivity contribution in [1.82, 2.24) is 49.8 Å². The molecule has 0 saturated carbocycles. The molecule has 5 aromatic heterocycles. The van der Waals surface area contributed by atoms with Gasteiger partial charge < -0.3 is 81.3 Å². The number of rotatable bonds is 20. The van der Waals surface area contributed by atoms with E-state index in [2.05, 4.69) is 87.1 Å². The van der Waals surface area contributed by atoms with Crippen LogP contribution in [0.3, 0.4) is 0 Å². The predicted molar refractivity (Wildman–Crippen MR) is 525 cm³/mol. The second-order valence-electron chi connectivity index (χ2n) is 31.0. The lowest BCUT2D eigenvalue weighted by Gasteiger charge is -2.26. The standard InChI is InChI=1S/C20H17N5O3.2C19H17N5O4S.2C18H15N5O4S/c1-25-16-10-12(5-6-17(16)28-11-18(25)26)15-7-8-22-20(24-15)23-14-4-2-3-13(9-14)19(21)27;1-24-16-10-12(2-7-17(16)28-11-18(24)25)15-8-9-21-19(23-15)22-13-3-5-14(6-4-13)29(20,26)27;1-24-16-9-12(5-6-17(16)28-11-18(24)25)15-7-8-21-19(23-15)22-13-3-2-4-14(10-13)29(20,26)27;19-28(25,26)13-4-2-12(3-5-13)21-18-20-8-7-14(23-18)11-1-6-16-15(9-11)22-17(24)10-27-16;19-28(25,26)13-3-1-2-12(9-13)21-18-20-7-6-14(23-18)11-4-5-16-15(8-11)22-17(24)10-27-16/h2-10H,11H2,1H3,(H2,21,27)(H,22,23,24);2*2-10H,11H2,1H3,(H2,20,26,27)(H,21,22,23);2*1-9H,10H2,(H,22,24)(H2,19,25,26)(H,20,21,23). The van der Waals surface area contributed by atoms with E-state index < -0.39 is 46.0 Å². The van der Waals surface area contributed by atoms with Gasteiger partial charge in [-0.1, -0.05) is 18.2 Å². The number of hydrogen-bond donors (Lipinski definition) is 12. The molecule has 0 atom stereocenters. The van der Waals surface area contributed by atoms with E-state index in [4.69, 9.17) is 50.0 Å². The van der Waals surface area contributed by atoms with E-state index in [0.29, 0.717) is 137 Å². The van der Waals surface area contributed by atoms with Gasteiger partial charge in [0.15, 0.2) is 33.0 Å². The molecular formula is C94H81N25O19S4. The number of fused-ring (bicyclic) bond motifs is 5. The number of ether oxygens (including phenoxy) is 5. The molecule has 0 saturated heterocycles. The highest BCUT2D eigenvalue weighted by atomic mass is 32.2. The van der Waals surface area contributed by atoms with Crippen LogP contribution in [0.5, 0.6) is 28.7 Å². The average molecular weight is 1990 g/mol. The number of hydrogen-bond acceptors (Lipinski definition) is 34. The van der Waals surface area contributed by atoms with Crippen molar-refractivity contribution in [3.63, 3.8) is 0 Å². The Morgan fingerprint density at radius 3 is 0.866 bits per heavy atom. The van der Waals surface area contributed by atoms with Crippen LogP contribution in [0.15, 0.2) is 293 Å². The molecule has 48 heteroatoms. The van der Waals surface area contributed by atoms with Crippen molar-refractivity contribution in [2.75, 3.05) is 106 Å². The van der Waals surface area contributed by atoms with Crippen LogP contribution >= 0.6 is 0 Å². The summed E-state index contributed by atoms with van der Waals surface area (Å²) in [6.07, 6.45) is 7.99. The first-order valence-electron chi connectivity index (χ1n) is 42.1. The van der Waals surface area contributed by atoms with Gasteiger partial charge in [0.25, 0.3) is 29.5 Å². The van der Waals surface area contributed by atoms with Crippen LogP contribution in [-0.4, -0.2) is 173 Å². The quantitative estimate of drug-likeness (QED) is 0.0337. The molecule has 0 spiro atoms. The molecule has 17 N–H and O–H groups in total. The van der Waals surface area contributed by atoms with Gasteiger partial charge in [-0.2, -0.15) is 0 Å². The number of benzene rings is 10. The first-order chi connectivity index (χ1) is 67.9. The highest BCUT2D eigenvalue weighted by Gasteiger charge is 2.28. The van der Waals surface area contributed by atoms with E-state index in [1.165, 1.54) is 48.5 Å². The molecule has 15 aromatic rings. The lowest BCUT2D eigenvalue weighted by Crippen LogP contribution is -2.35. The highest BCUT2D eigenvalue weighted by Crippen LogP contribution is 2.41. The Hall–Kier alpha value is -17.9. The van der Waals surface area contributed by atoms with Gasteiger partial charge in [-0.05, 0) is 224 Å². The molecule has 720 valence electrons. The van der Waals surface area contributed by atoms with Crippen LogP contribution in [0.4, 0.5) is 86.6 Å². The first kappa shape index (κ1) is 97.2. The van der Waals surface area contributed by atoms with E-state index in [1.807, 2.05) is 54.6 Å². The second kappa shape index (κ2) is 41.6. The van der Waals surface area contributed by atoms with Crippen LogP contribution in [0.1, 0.15) is 10.4 Å². The third-order valence-electron chi connectivity index (χ3n) is 21.2. The summed E-state index contributed by atoms with van der Waals surface area (Å²) < 4.78 is 118. The molecule has 0 unspecified atom stereocenters. The van der Waals surface area contributed by atoms with Crippen molar-refractivity contribution in [1.29, 1.82) is 0 Å². The van der Waals surface area contributed by atoms with Gasteiger partial charge in [-0.25, -0.2) is 104 Å². The molecule has 10 aromatic carbocycles. The minimum Gasteiger partial charge on any atom is -0.482 e. The number of nitrogens with two attached hydrogens (primary N) is 5. The molecule has 0 radical (unpaired) electrons. The highest BCUT2D eigenvalue weighted by molar-refractivity contribution is 7.90. The summed E-state index contributed by atoms with van der Waals surface area (Å²) in [6, 6.07) is 66.7. The number of anilines is 15. The van der Waals surface area contributed by atoms with Gasteiger partial charge in [-0.3, -0.25) is 28.8 Å². The number of amides is 6. The molecule has 0 bridgehead atoms. The molecule has 0 aliphatic carbocycles. The zero-order valence-electron chi connectivity index (χ0n) is 74.6. The predicted octanol–water partition coefficient (Wildman–Crippen LogP) is 9.85. The molecule has 44 nitrogen and oxygen atoms in total. The topological polar surface area (TPSA) is 638 Å². The lowest BCUT2D eigenvalue weighted by molar-refractivity contribution is -0.121. The number of carbonyl (C=O) groups is 6. The largest absolute Gasteiger partial charge is 0.482 e. The summed E-state index contributed by atoms with van der Waals surface area (Å²) in [5.74, 6) is 3.43. The Morgan fingerprint density at radius 1 is 0.303 bits per heavy atom. The molecule has 5 aliphatic heterocycles. The molecule has 10 heterocycles. The van der Waals surface area contributed by atoms with Crippen molar-refractivity contribution < 1.29 is 86.1 Å². The third-order valence-corrected chi connectivity index (χ3v) is 24.9. The van der Waals surface area contributed by atoms with Crippen LogP contribution < -0.4 is 102 Å². The van der Waals surface area contributed by atoms with Crippen molar-refractivity contribution >= 4 is 162 Å². The van der Waals surface area contributed by atoms with Gasteiger partial charge in [0, 0.05) is 114 Å². The van der Waals surface area contributed by atoms with E-state index in [1.54, 1.807) is 206 Å². The molecule has 0 fully saturated rings. The smallest absolute Gasteiger partial charge is 0.264 e. The SMILES string of the molecule is CN1C(=O)COc2ccc(-c3ccnc(Nc4ccc(S(N)(=O)=O)cc4)n3)cc21.CN1C(=O)COc2ccc(-c3ccnc(Nc4cccc(C(N)=O)c4)n3)cc21.CN1C(=O)COc2ccc(-c3ccnc(Nc4cccc(S(N)(=O)=O)c4)n3)cc21.NS(=O)(=O)c1ccc(Nc2nccc(-c3ccc4c(c3)NC(=O)CO4)n2)cc1.NS(=O)(=O)c1cccc(Nc2nccc(-c3ccc4c(c3)NC(=O)CO4)n2)c1. The van der Waals surface area contributed by atoms with Crippen molar-refractivity contribution in [2.24, 2.45) is 26.3 Å². The minimum absolute atomic E-state index is 0.00182. The average Bonchev–Trinajstić information content (AvgIpc) is 0.795. The number of nitrogens with zero attached hydrogens (tertiary/aromatic N) is 13. The van der Waals surface area contributed by atoms with Crippen molar-refractivity contribution in [2.45, 2.75) is 19.6 Å². The van der Waals surface area contributed by atoms with Crippen LogP contribution in [-0.2, 0) is 64.1 Å². The summed E-state index contributed by atoms with van der Waals surface area (Å²) in [4.78, 5) is 118. The van der Waals surface area contributed by atoms with Gasteiger partial charge in [0.1, 0.15) is 28.7 Å². The number of aromatic nitrogens is 10. The van der Waals surface area contributed by atoms with Crippen LogP contribution in [0, 0.1) is 0 Å². The van der Waals surface area contributed by atoms with E-state index in [9.17, 15) is 62.4 Å². The Kier molecular flexibility index (Phi) is 28.4. The summed E-state index contributed by atoms with van der Waals surface area (Å²) in [5, 5.41) is 41.1. The Bertz CT molecular complexity index is 7990. The third kappa shape index (κ3) is 24.2. The second-order valence-corrected chi connectivity index (χ2v) is 37.3. The summed E-state index contributed by atoms with van der Waals surface area (Å²) >= 11 is 0. The maximum atomic E-state index is 11.9. The maximum absolute atomic E-state index is 11.9. The number of carbonyl (C=O) groups excluding carboxylic acids is 6. The van der Waals surface area contributed by atoms with Gasteiger partial charge in [0.2, 0.25) is 75.7 Å². The van der Waals surface area contributed by atoms with Gasteiger partial charge in [0.05, 0.1) is 76.5 Å². The number of sulfonamides is 4. The van der Waals surface area contributed by atoms with E-state index in [-0.39, 0.29) is 94.0 Å². The number of likely N-dealkylation sites (N-methyl/N-ethyl adjacent to an activating group) is 3. The van der Waals surface area contributed by atoms with Gasteiger partial charge >= 0.3 is 0 Å². The maximum Gasteiger partial charge on any atom is 0.264 e. The van der Waals surface area contributed by atoms with E-state index >= 15 is 0 Å². The zero-order valence-corrected chi connectivity index (χ0v) is 77.9. The fraction of sp³-hybridized carbons (Fsp3) is 0.0851. The fourth-order valence-electron chi connectivity index (χ4n) is 14.0. The molecule has 5 aliphatic rings. The van der Waals surface area contributed by atoms with Gasteiger partial charge in [-0.15, -0.1) is 0 Å². The summed E-state index contributed by atoms with van der Waals surface area (Å²) in [5.41, 5.74) is 18.9. The zero-order chi connectivity index (χ0) is 100. The first-order valence-corrected chi connectivity index (χ1v) is 48.3. The minimum atomic E-state index is -3.81. The van der Waals surface area contributed by atoms with Crippen molar-refractivity contribution in [3.05, 3.63) is 279 Å². The van der Waals surface area contributed by atoms with Crippen molar-refractivity contribution in [3.8, 4) is 85.0 Å². The van der Waals surface area contributed by atoms with E-state index in [0.717, 1.165) is 27.8 Å². The number of nitrogens with one attached hydrogen (secondary N) is 7.